The molecule has 0 N–H and O–H groups in total. The molecule has 0 saturated carbocycles. The molecule has 0 aromatic heterocycles. The zero-order chi connectivity index (χ0) is 12.7. The van der Waals surface area contributed by atoms with E-state index in [4.69, 9.17) is 14.2 Å². The first-order valence-corrected chi connectivity index (χ1v) is 5.98. The molecule has 0 amide bonds. The van der Waals surface area contributed by atoms with Crippen molar-refractivity contribution in [2.45, 2.75) is 26.2 Å². The van der Waals surface area contributed by atoms with Crippen LogP contribution in [0.1, 0.15) is 31.7 Å². The quantitative estimate of drug-likeness (QED) is 0.682. The van der Waals surface area contributed by atoms with Gasteiger partial charge in [-0.25, -0.2) is 0 Å². The summed E-state index contributed by atoms with van der Waals surface area (Å²) in [5.41, 5.74) is 1.26. The fourth-order valence-corrected chi connectivity index (χ4v) is 1.55. The van der Waals surface area contributed by atoms with Gasteiger partial charge in [-0.05, 0) is 23.6 Å². The van der Waals surface area contributed by atoms with Gasteiger partial charge in [-0.1, -0.05) is 19.9 Å². The van der Waals surface area contributed by atoms with E-state index in [-0.39, 0.29) is 0 Å². The van der Waals surface area contributed by atoms with Gasteiger partial charge in [0.25, 0.3) is 0 Å². The molecule has 1 aromatic rings. The van der Waals surface area contributed by atoms with E-state index in [9.17, 15) is 0 Å². The Balaban J connectivity index is 2.69. The van der Waals surface area contributed by atoms with Crippen molar-refractivity contribution in [3.63, 3.8) is 0 Å². The van der Waals surface area contributed by atoms with E-state index >= 15 is 0 Å². The third-order valence-corrected chi connectivity index (χ3v) is 2.60. The average molecular weight is 238 g/mol. The van der Waals surface area contributed by atoms with Crippen molar-refractivity contribution >= 4 is 0 Å². The van der Waals surface area contributed by atoms with Crippen molar-refractivity contribution in [1.29, 1.82) is 0 Å². The molecule has 96 valence electrons. The van der Waals surface area contributed by atoms with Gasteiger partial charge in [0.2, 0.25) is 0 Å². The Morgan fingerprint density at radius 2 is 1.82 bits per heavy atom. The first-order chi connectivity index (χ1) is 8.19. The van der Waals surface area contributed by atoms with Crippen LogP contribution in [0.2, 0.25) is 0 Å². The highest BCUT2D eigenvalue weighted by Gasteiger charge is 2.07. The van der Waals surface area contributed by atoms with Crippen molar-refractivity contribution in [2.75, 3.05) is 27.4 Å². The summed E-state index contributed by atoms with van der Waals surface area (Å²) in [6.07, 6.45) is 0.881. The van der Waals surface area contributed by atoms with Crippen LogP contribution in [0.4, 0.5) is 0 Å². The lowest BCUT2D eigenvalue weighted by Gasteiger charge is -2.13. The van der Waals surface area contributed by atoms with Crippen LogP contribution in [-0.4, -0.2) is 27.4 Å². The van der Waals surface area contributed by atoms with Crippen molar-refractivity contribution in [2.24, 2.45) is 0 Å². The van der Waals surface area contributed by atoms with Gasteiger partial charge in [-0.2, -0.15) is 0 Å². The average Bonchev–Trinajstić information content (AvgIpc) is 2.34. The van der Waals surface area contributed by atoms with E-state index in [1.807, 2.05) is 6.07 Å². The van der Waals surface area contributed by atoms with Crippen LogP contribution < -0.4 is 9.47 Å². The zero-order valence-corrected chi connectivity index (χ0v) is 11.2. The predicted molar refractivity (Wildman–Crippen MR) is 69.1 cm³/mol. The normalized spacial score (nSPS) is 10.6. The first-order valence-electron chi connectivity index (χ1n) is 5.98. The summed E-state index contributed by atoms with van der Waals surface area (Å²) in [6, 6.07) is 6.09. The van der Waals surface area contributed by atoms with E-state index in [2.05, 4.69) is 26.0 Å². The predicted octanol–water partition coefficient (Wildman–Crippen LogP) is 3.23. The molecule has 0 atom stereocenters. The summed E-state index contributed by atoms with van der Waals surface area (Å²) in [5, 5.41) is 0. The summed E-state index contributed by atoms with van der Waals surface area (Å²) in [6.45, 7) is 5.69. The van der Waals surface area contributed by atoms with E-state index in [0.29, 0.717) is 19.1 Å². The second-order valence-corrected chi connectivity index (χ2v) is 4.26. The lowest BCUT2D eigenvalue weighted by Crippen LogP contribution is -2.03. The second kappa shape index (κ2) is 7.17. The molecule has 0 spiro atoms. The molecule has 0 aliphatic heterocycles. The summed E-state index contributed by atoms with van der Waals surface area (Å²) in [4.78, 5) is 0. The van der Waals surface area contributed by atoms with Gasteiger partial charge in [0.15, 0.2) is 11.5 Å². The Labute approximate surface area is 104 Å². The molecule has 0 fully saturated rings. The topological polar surface area (TPSA) is 27.7 Å². The van der Waals surface area contributed by atoms with Gasteiger partial charge >= 0.3 is 0 Å². The van der Waals surface area contributed by atoms with E-state index in [1.165, 1.54) is 5.56 Å². The maximum atomic E-state index is 5.72. The largest absolute Gasteiger partial charge is 0.493 e. The number of ether oxygens (including phenoxy) is 3. The highest BCUT2D eigenvalue weighted by Crippen LogP contribution is 2.30. The van der Waals surface area contributed by atoms with Gasteiger partial charge in [-0.3, -0.25) is 0 Å². The molecule has 3 heteroatoms. The molecule has 0 aliphatic carbocycles. The molecule has 3 nitrogen and oxygen atoms in total. The third kappa shape index (κ3) is 4.27. The Kier molecular flexibility index (Phi) is 5.84. The minimum atomic E-state index is 0.488. The van der Waals surface area contributed by atoms with Crippen LogP contribution in [0, 0.1) is 0 Å². The minimum Gasteiger partial charge on any atom is -0.493 e. The number of benzene rings is 1. The molecule has 1 aromatic carbocycles. The molecular weight excluding hydrogens is 216 g/mol. The summed E-state index contributed by atoms with van der Waals surface area (Å²) in [5.74, 6) is 2.09. The SMILES string of the molecule is COCCCOc1cc(C(C)C)ccc1OC. The smallest absolute Gasteiger partial charge is 0.161 e. The van der Waals surface area contributed by atoms with Crippen molar-refractivity contribution in [3.05, 3.63) is 23.8 Å². The molecule has 0 aliphatic rings. The van der Waals surface area contributed by atoms with Crippen LogP contribution >= 0.6 is 0 Å². The molecule has 0 bridgehead atoms. The van der Waals surface area contributed by atoms with Crippen molar-refractivity contribution < 1.29 is 14.2 Å². The molecular formula is C14H22O3. The van der Waals surface area contributed by atoms with E-state index in [0.717, 1.165) is 17.9 Å². The van der Waals surface area contributed by atoms with Crippen LogP contribution in [0.25, 0.3) is 0 Å². The van der Waals surface area contributed by atoms with Crippen molar-refractivity contribution in [3.8, 4) is 11.5 Å². The van der Waals surface area contributed by atoms with Gasteiger partial charge in [0.1, 0.15) is 0 Å². The van der Waals surface area contributed by atoms with Gasteiger partial charge < -0.3 is 14.2 Å². The lowest BCUT2D eigenvalue weighted by atomic mass is 10.0. The molecule has 0 saturated heterocycles. The Hall–Kier alpha value is -1.22. The van der Waals surface area contributed by atoms with Crippen LogP contribution in [0.15, 0.2) is 18.2 Å². The van der Waals surface area contributed by atoms with Crippen LogP contribution in [-0.2, 0) is 4.74 Å². The van der Waals surface area contributed by atoms with Gasteiger partial charge in [0, 0.05) is 20.1 Å². The second-order valence-electron chi connectivity index (χ2n) is 4.26. The van der Waals surface area contributed by atoms with E-state index < -0.39 is 0 Å². The minimum absolute atomic E-state index is 0.488. The maximum absolute atomic E-state index is 5.72. The molecule has 0 unspecified atom stereocenters. The molecule has 0 radical (unpaired) electrons. The third-order valence-electron chi connectivity index (χ3n) is 2.60. The molecule has 17 heavy (non-hydrogen) atoms. The zero-order valence-electron chi connectivity index (χ0n) is 11.2. The van der Waals surface area contributed by atoms with Gasteiger partial charge in [0.05, 0.1) is 13.7 Å². The van der Waals surface area contributed by atoms with Gasteiger partial charge in [-0.15, -0.1) is 0 Å². The van der Waals surface area contributed by atoms with Crippen LogP contribution in [0.3, 0.4) is 0 Å². The standard InChI is InChI=1S/C14H22O3/c1-11(2)12-6-7-13(16-4)14(10-12)17-9-5-8-15-3/h6-7,10-11H,5,8-9H2,1-4H3. The number of hydrogen-bond donors (Lipinski definition) is 0. The number of methoxy groups -OCH3 is 2. The Morgan fingerprint density at radius 3 is 2.41 bits per heavy atom. The highest BCUT2D eigenvalue weighted by atomic mass is 16.5. The fraction of sp³-hybridized carbons (Fsp3) is 0.571. The number of rotatable bonds is 7. The van der Waals surface area contributed by atoms with E-state index in [1.54, 1.807) is 14.2 Å². The number of hydrogen-bond acceptors (Lipinski definition) is 3. The maximum Gasteiger partial charge on any atom is 0.161 e. The Bertz CT molecular complexity index is 334. The summed E-state index contributed by atoms with van der Waals surface area (Å²) < 4.78 is 16.0. The fourth-order valence-electron chi connectivity index (χ4n) is 1.55. The lowest BCUT2D eigenvalue weighted by molar-refractivity contribution is 0.170. The summed E-state index contributed by atoms with van der Waals surface area (Å²) in [7, 11) is 3.35. The highest BCUT2D eigenvalue weighted by molar-refractivity contribution is 5.43. The molecule has 1 rings (SSSR count). The molecule has 0 heterocycles. The first kappa shape index (κ1) is 13.8. The van der Waals surface area contributed by atoms with Crippen molar-refractivity contribution in [1.82, 2.24) is 0 Å². The van der Waals surface area contributed by atoms with Crippen LogP contribution in [0.5, 0.6) is 11.5 Å². The summed E-state index contributed by atoms with van der Waals surface area (Å²) >= 11 is 0. The Morgan fingerprint density at radius 1 is 1.06 bits per heavy atom. The monoisotopic (exact) mass is 238 g/mol.